The van der Waals surface area contributed by atoms with E-state index >= 15 is 0 Å². The molecule has 0 saturated carbocycles. The summed E-state index contributed by atoms with van der Waals surface area (Å²) in [5.41, 5.74) is 2.39. The minimum atomic E-state index is 0.194. The zero-order valence-corrected chi connectivity index (χ0v) is 8.93. The van der Waals surface area contributed by atoms with E-state index in [2.05, 4.69) is 5.32 Å². The molecule has 76 valence electrons. The second kappa shape index (κ2) is 3.79. The summed E-state index contributed by atoms with van der Waals surface area (Å²) < 4.78 is 0. The van der Waals surface area contributed by atoms with E-state index in [1.54, 1.807) is 6.07 Å². The van der Waals surface area contributed by atoms with E-state index in [4.69, 9.17) is 11.6 Å². The van der Waals surface area contributed by atoms with Crippen LogP contribution in [0, 0.1) is 6.92 Å². The van der Waals surface area contributed by atoms with E-state index in [9.17, 15) is 5.11 Å². The quantitative estimate of drug-likeness (QED) is 0.748. The summed E-state index contributed by atoms with van der Waals surface area (Å²) in [6, 6.07) is 3.64. The van der Waals surface area contributed by atoms with Gasteiger partial charge in [-0.2, -0.15) is 0 Å². The van der Waals surface area contributed by atoms with Gasteiger partial charge in [0.1, 0.15) is 5.75 Å². The average Bonchev–Trinajstić information content (AvgIpc) is 2.64. The molecule has 0 radical (unpaired) electrons. The Morgan fingerprint density at radius 2 is 2.29 bits per heavy atom. The fraction of sp³-hybridized carbons (Fsp3) is 0.455. The number of phenols is 1. The Morgan fingerprint density at radius 1 is 1.50 bits per heavy atom. The van der Waals surface area contributed by atoms with Crippen molar-refractivity contribution in [3.63, 3.8) is 0 Å². The van der Waals surface area contributed by atoms with Crippen molar-refractivity contribution in [2.45, 2.75) is 19.3 Å². The zero-order chi connectivity index (χ0) is 10.1. The second-order valence-corrected chi connectivity index (χ2v) is 4.26. The number of benzene rings is 1. The van der Waals surface area contributed by atoms with Crippen LogP contribution in [0.25, 0.3) is 0 Å². The predicted molar refractivity (Wildman–Crippen MR) is 58.1 cm³/mol. The smallest absolute Gasteiger partial charge is 0.134 e. The summed E-state index contributed by atoms with van der Waals surface area (Å²) in [7, 11) is 0. The first kappa shape index (κ1) is 9.81. The lowest BCUT2D eigenvalue weighted by Gasteiger charge is -2.13. The number of hydrogen-bond donors (Lipinski definition) is 2. The highest BCUT2D eigenvalue weighted by Gasteiger charge is 2.19. The summed E-state index contributed by atoms with van der Waals surface area (Å²) in [4.78, 5) is 0. The maximum atomic E-state index is 9.53. The zero-order valence-electron chi connectivity index (χ0n) is 8.18. The van der Waals surface area contributed by atoms with Gasteiger partial charge < -0.3 is 10.4 Å². The van der Waals surface area contributed by atoms with E-state index in [1.807, 2.05) is 13.0 Å². The van der Waals surface area contributed by atoms with Gasteiger partial charge in [-0.1, -0.05) is 11.6 Å². The lowest BCUT2D eigenvalue weighted by molar-refractivity contribution is 0.474. The van der Waals surface area contributed by atoms with E-state index in [0.717, 1.165) is 19.5 Å². The Morgan fingerprint density at radius 3 is 2.93 bits per heavy atom. The SMILES string of the molecule is Cc1cc(Cl)c(O)cc1C1CCNC1. The number of nitrogens with one attached hydrogen (secondary N) is 1. The molecule has 1 saturated heterocycles. The highest BCUT2D eigenvalue weighted by atomic mass is 35.5. The molecule has 1 aliphatic heterocycles. The van der Waals surface area contributed by atoms with Gasteiger partial charge in [0.05, 0.1) is 5.02 Å². The van der Waals surface area contributed by atoms with Crippen LogP contribution in [0.5, 0.6) is 5.75 Å². The van der Waals surface area contributed by atoms with Crippen molar-refractivity contribution in [1.29, 1.82) is 0 Å². The summed E-state index contributed by atoms with van der Waals surface area (Å²) in [6.07, 6.45) is 1.14. The normalized spacial score (nSPS) is 21.4. The van der Waals surface area contributed by atoms with E-state index in [1.165, 1.54) is 11.1 Å². The van der Waals surface area contributed by atoms with Crippen LogP contribution < -0.4 is 5.32 Å². The van der Waals surface area contributed by atoms with Gasteiger partial charge in [-0.15, -0.1) is 0 Å². The first-order chi connectivity index (χ1) is 6.68. The van der Waals surface area contributed by atoms with Gasteiger partial charge in [0.25, 0.3) is 0 Å². The van der Waals surface area contributed by atoms with Crippen LogP contribution in [0.15, 0.2) is 12.1 Å². The third-order valence-corrected chi connectivity index (χ3v) is 3.14. The van der Waals surface area contributed by atoms with Crippen molar-refractivity contribution < 1.29 is 5.11 Å². The molecule has 1 unspecified atom stereocenters. The number of aromatic hydroxyl groups is 1. The molecule has 1 heterocycles. The Bertz CT molecular complexity index is 345. The topological polar surface area (TPSA) is 32.3 Å². The van der Waals surface area contributed by atoms with Gasteiger partial charge in [0.2, 0.25) is 0 Å². The summed E-state index contributed by atoms with van der Waals surface area (Å²) >= 11 is 5.83. The van der Waals surface area contributed by atoms with Crippen LogP contribution in [0.4, 0.5) is 0 Å². The molecule has 0 aliphatic carbocycles. The highest BCUT2D eigenvalue weighted by molar-refractivity contribution is 6.32. The van der Waals surface area contributed by atoms with Gasteiger partial charge >= 0.3 is 0 Å². The van der Waals surface area contributed by atoms with Crippen molar-refractivity contribution in [3.8, 4) is 5.75 Å². The second-order valence-electron chi connectivity index (χ2n) is 3.85. The molecule has 1 aromatic carbocycles. The van der Waals surface area contributed by atoms with Crippen molar-refractivity contribution in [1.82, 2.24) is 5.32 Å². The third-order valence-electron chi connectivity index (χ3n) is 2.84. The van der Waals surface area contributed by atoms with Crippen LogP contribution in [0.1, 0.15) is 23.5 Å². The van der Waals surface area contributed by atoms with Gasteiger partial charge in [0.15, 0.2) is 0 Å². The molecule has 2 rings (SSSR count). The molecule has 0 amide bonds. The summed E-state index contributed by atoms with van der Waals surface area (Å²) in [5.74, 6) is 0.720. The van der Waals surface area contributed by atoms with Crippen LogP contribution in [-0.2, 0) is 0 Å². The molecule has 0 bridgehead atoms. The average molecular weight is 212 g/mol. The molecule has 3 heteroatoms. The largest absolute Gasteiger partial charge is 0.506 e. The van der Waals surface area contributed by atoms with Crippen LogP contribution in [-0.4, -0.2) is 18.2 Å². The fourth-order valence-electron chi connectivity index (χ4n) is 2.04. The van der Waals surface area contributed by atoms with Gasteiger partial charge in [-0.3, -0.25) is 0 Å². The first-order valence-corrected chi connectivity index (χ1v) is 5.26. The molecule has 2 nitrogen and oxygen atoms in total. The lowest BCUT2D eigenvalue weighted by atomic mass is 9.94. The Balaban J connectivity index is 2.37. The van der Waals surface area contributed by atoms with E-state index < -0.39 is 0 Å². The van der Waals surface area contributed by atoms with E-state index in [0.29, 0.717) is 10.9 Å². The third kappa shape index (κ3) is 1.72. The minimum absolute atomic E-state index is 0.194. The standard InChI is InChI=1S/C11H14ClNO/c1-7-4-10(12)11(14)5-9(7)8-2-3-13-6-8/h4-5,8,13-14H,2-3,6H2,1H3. The number of hydrogen-bond acceptors (Lipinski definition) is 2. The molecular weight excluding hydrogens is 198 g/mol. The summed E-state index contributed by atoms with van der Waals surface area (Å²) in [6.45, 7) is 4.11. The van der Waals surface area contributed by atoms with Crippen molar-refractivity contribution in [2.75, 3.05) is 13.1 Å². The fourth-order valence-corrected chi connectivity index (χ4v) is 2.26. The maximum Gasteiger partial charge on any atom is 0.134 e. The molecule has 1 fully saturated rings. The van der Waals surface area contributed by atoms with Crippen molar-refractivity contribution in [2.24, 2.45) is 0 Å². The number of rotatable bonds is 1. The Hall–Kier alpha value is -0.730. The molecule has 2 N–H and O–H groups in total. The monoisotopic (exact) mass is 211 g/mol. The maximum absolute atomic E-state index is 9.53. The molecule has 1 atom stereocenters. The van der Waals surface area contributed by atoms with Crippen molar-refractivity contribution in [3.05, 3.63) is 28.3 Å². The van der Waals surface area contributed by atoms with Crippen LogP contribution >= 0.6 is 11.6 Å². The first-order valence-electron chi connectivity index (χ1n) is 4.88. The Labute approximate surface area is 88.9 Å². The van der Waals surface area contributed by atoms with Crippen LogP contribution in [0.3, 0.4) is 0 Å². The number of halogens is 1. The minimum Gasteiger partial charge on any atom is -0.506 e. The molecule has 1 aliphatic rings. The van der Waals surface area contributed by atoms with E-state index in [-0.39, 0.29) is 5.75 Å². The molecule has 0 aromatic heterocycles. The Kier molecular flexibility index (Phi) is 2.66. The van der Waals surface area contributed by atoms with Crippen molar-refractivity contribution >= 4 is 11.6 Å². The molecular formula is C11H14ClNO. The number of aryl methyl sites for hydroxylation is 1. The van der Waals surface area contributed by atoms with Gasteiger partial charge in [-0.05, 0) is 49.1 Å². The lowest BCUT2D eigenvalue weighted by Crippen LogP contribution is -2.08. The molecule has 1 aromatic rings. The summed E-state index contributed by atoms with van der Waals surface area (Å²) in [5, 5.41) is 13.3. The molecule has 14 heavy (non-hydrogen) atoms. The highest BCUT2D eigenvalue weighted by Crippen LogP contribution is 2.32. The van der Waals surface area contributed by atoms with Gasteiger partial charge in [0, 0.05) is 6.54 Å². The predicted octanol–water partition coefficient (Wildman–Crippen LogP) is 2.43. The number of phenolic OH excluding ortho intramolecular Hbond substituents is 1. The molecule has 0 spiro atoms. The van der Waals surface area contributed by atoms with Gasteiger partial charge in [-0.25, -0.2) is 0 Å². The van der Waals surface area contributed by atoms with Crippen LogP contribution in [0.2, 0.25) is 5.02 Å².